The first-order valence-electron chi connectivity index (χ1n) is 9.38. The van der Waals surface area contributed by atoms with Crippen molar-refractivity contribution in [3.63, 3.8) is 0 Å². The van der Waals surface area contributed by atoms with Gasteiger partial charge in [0.1, 0.15) is 5.41 Å². The number of hydrogen-bond acceptors (Lipinski definition) is 2. The predicted molar refractivity (Wildman–Crippen MR) is 99.6 cm³/mol. The van der Waals surface area contributed by atoms with Crippen molar-refractivity contribution in [2.45, 2.75) is 49.9 Å². The number of halogens is 3. The Balaban J connectivity index is 0.00000196. The van der Waals surface area contributed by atoms with Crippen LogP contribution in [-0.4, -0.2) is 36.4 Å². The maximum Gasteiger partial charge on any atom is 0.264 e. The molecule has 3 fully saturated rings. The SMILES string of the molecule is Cl.NCC1(c2ccccc2)CCN(C(=O)C2(C3CCC3)CC2(F)F)CC1. The Labute approximate surface area is 159 Å². The number of nitrogens with zero attached hydrogens (tertiary/aromatic N) is 1. The molecule has 1 saturated heterocycles. The summed E-state index contributed by atoms with van der Waals surface area (Å²) in [6.07, 6.45) is 3.75. The zero-order valence-corrected chi connectivity index (χ0v) is 15.7. The van der Waals surface area contributed by atoms with Crippen molar-refractivity contribution in [2.24, 2.45) is 17.1 Å². The quantitative estimate of drug-likeness (QED) is 0.859. The fraction of sp³-hybridized carbons (Fsp3) is 0.650. The van der Waals surface area contributed by atoms with Crippen LogP contribution in [0.15, 0.2) is 30.3 Å². The number of amides is 1. The number of nitrogens with two attached hydrogens (primary N) is 1. The van der Waals surface area contributed by atoms with Gasteiger partial charge < -0.3 is 10.6 Å². The predicted octanol–water partition coefficient (Wildman–Crippen LogP) is 3.75. The summed E-state index contributed by atoms with van der Waals surface area (Å²) in [6.45, 7) is 1.56. The van der Waals surface area contributed by atoms with E-state index in [2.05, 4.69) is 12.1 Å². The second kappa shape index (κ2) is 6.75. The summed E-state index contributed by atoms with van der Waals surface area (Å²) in [6, 6.07) is 10.1. The third-order valence-electron chi connectivity index (χ3n) is 7.00. The summed E-state index contributed by atoms with van der Waals surface area (Å²) in [4.78, 5) is 14.7. The summed E-state index contributed by atoms with van der Waals surface area (Å²) in [5.41, 5.74) is 5.75. The Morgan fingerprint density at radius 1 is 1.15 bits per heavy atom. The van der Waals surface area contributed by atoms with E-state index in [0.29, 0.717) is 19.6 Å². The van der Waals surface area contributed by atoms with Gasteiger partial charge in [0.25, 0.3) is 5.92 Å². The molecule has 2 aliphatic carbocycles. The number of carbonyl (C=O) groups is 1. The monoisotopic (exact) mass is 384 g/mol. The molecule has 144 valence electrons. The van der Waals surface area contributed by atoms with E-state index in [4.69, 9.17) is 5.73 Å². The lowest BCUT2D eigenvalue weighted by Crippen LogP contribution is -2.52. The molecule has 1 aliphatic heterocycles. The van der Waals surface area contributed by atoms with E-state index in [1.165, 1.54) is 5.56 Å². The summed E-state index contributed by atoms with van der Waals surface area (Å²) >= 11 is 0. The molecular weight excluding hydrogens is 358 g/mol. The lowest BCUT2D eigenvalue weighted by atomic mass is 9.70. The lowest BCUT2D eigenvalue weighted by Gasteiger charge is -2.44. The third kappa shape index (κ3) is 2.75. The second-order valence-electron chi connectivity index (χ2n) is 8.12. The van der Waals surface area contributed by atoms with E-state index in [-0.39, 0.29) is 36.1 Å². The Kier molecular flexibility index (Phi) is 5.08. The van der Waals surface area contributed by atoms with E-state index in [1.54, 1.807) is 4.90 Å². The summed E-state index contributed by atoms with van der Waals surface area (Å²) in [7, 11) is 0. The highest BCUT2D eigenvalue weighted by molar-refractivity contribution is 5.88. The van der Waals surface area contributed by atoms with Crippen LogP contribution in [0.5, 0.6) is 0 Å². The Morgan fingerprint density at radius 2 is 1.73 bits per heavy atom. The smallest absolute Gasteiger partial charge is 0.264 e. The molecule has 0 bridgehead atoms. The molecule has 2 saturated carbocycles. The molecule has 4 rings (SSSR count). The second-order valence-corrected chi connectivity index (χ2v) is 8.12. The first-order valence-corrected chi connectivity index (χ1v) is 9.38. The minimum Gasteiger partial charge on any atom is -0.342 e. The molecule has 1 amide bonds. The number of alkyl halides is 2. The van der Waals surface area contributed by atoms with Crippen LogP contribution in [0.25, 0.3) is 0 Å². The number of hydrogen-bond donors (Lipinski definition) is 1. The maximum atomic E-state index is 14.1. The number of carbonyl (C=O) groups excluding carboxylic acids is 1. The first-order chi connectivity index (χ1) is 12.0. The van der Waals surface area contributed by atoms with E-state index < -0.39 is 11.3 Å². The molecule has 1 unspecified atom stereocenters. The zero-order valence-electron chi connectivity index (χ0n) is 14.9. The van der Waals surface area contributed by atoms with Crippen LogP contribution in [0.2, 0.25) is 0 Å². The summed E-state index contributed by atoms with van der Waals surface area (Å²) < 4.78 is 28.3. The normalized spacial score (nSPS) is 29.4. The van der Waals surface area contributed by atoms with Gasteiger partial charge in [0.05, 0.1) is 0 Å². The third-order valence-corrected chi connectivity index (χ3v) is 7.00. The van der Waals surface area contributed by atoms with Crippen LogP contribution in [-0.2, 0) is 10.2 Å². The van der Waals surface area contributed by atoms with Crippen molar-refractivity contribution in [1.82, 2.24) is 4.90 Å². The highest BCUT2D eigenvalue weighted by Gasteiger charge is 2.79. The topological polar surface area (TPSA) is 46.3 Å². The van der Waals surface area contributed by atoms with Crippen LogP contribution < -0.4 is 5.73 Å². The molecule has 1 heterocycles. The van der Waals surface area contributed by atoms with Gasteiger partial charge in [0.15, 0.2) is 0 Å². The van der Waals surface area contributed by atoms with E-state index >= 15 is 0 Å². The molecule has 26 heavy (non-hydrogen) atoms. The average Bonchev–Trinajstić information content (AvgIpc) is 3.16. The minimum atomic E-state index is -2.81. The van der Waals surface area contributed by atoms with Gasteiger partial charge in [-0.05, 0) is 37.2 Å². The fourth-order valence-corrected chi connectivity index (χ4v) is 4.88. The summed E-state index contributed by atoms with van der Waals surface area (Å²) in [5, 5.41) is 0. The van der Waals surface area contributed by atoms with Crippen molar-refractivity contribution >= 4 is 18.3 Å². The van der Waals surface area contributed by atoms with Crippen molar-refractivity contribution in [1.29, 1.82) is 0 Å². The summed E-state index contributed by atoms with van der Waals surface area (Å²) in [5.74, 6) is -3.23. The van der Waals surface area contributed by atoms with Gasteiger partial charge in [-0.2, -0.15) is 0 Å². The minimum absolute atomic E-state index is 0. The van der Waals surface area contributed by atoms with Crippen LogP contribution in [0.4, 0.5) is 8.78 Å². The highest BCUT2D eigenvalue weighted by atomic mass is 35.5. The molecule has 0 spiro atoms. The van der Waals surface area contributed by atoms with Crippen molar-refractivity contribution in [3.8, 4) is 0 Å². The van der Waals surface area contributed by atoms with Gasteiger partial charge in [-0.3, -0.25) is 4.79 Å². The van der Waals surface area contributed by atoms with Gasteiger partial charge in [-0.25, -0.2) is 8.78 Å². The molecule has 3 nitrogen and oxygen atoms in total. The fourth-order valence-electron chi connectivity index (χ4n) is 4.88. The van der Waals surface area contributed by atoms with Crippen LogP contribution in [0.1, 0.15) is 44.1 Å². The molecule has 2 N–H and O–H groups in total. The van der Waals surface area contributed by atoms with E-state index in [9.17, 15) is 13.6 Å². The Bertz CT molecular complexity index is 657. The van der Waals surface area contributed by atoms with Crippen LogP contribution in [0.3, 0.4) is 0 Å². The number of rotatable bonds is 4. The molecule has 0 radical (unpaired) electrons. The van der Waals surface area contributed by atoms with Crippen LogP contribution >= 0.6 is 12.4 Å². The van der Waals surface area contributed by atoms with Crippen molar-refractivity contribution < 1.29 is 13.6 Å². The highest BCUT2D eigenvalue weighted by Crippen LogP contribution is 2.69. The molecule has 3 aliphatic rings. The molecule has 1 atom stereocenters. The van der Waals surface area contributed by atoms with Gasteiger partial charge in [-0.1, -0.05) is 36.8 Å². The standard InChI is InChI=1S/C20H26F2N2O.ClH/c21-20(22)13-19(20,16-7-4-8-16)17(25)24-11-9-18(14-23,10-12-24)15-5-2-1-3-6-15;/h1-3,5-6,16H,4,7-14,23H2;1H. The van der Waals surface area contributed by atoms with Gasteiger partial charge in [0.2, 0.25) is 5.91 Å². The van der Waals surface area contributed by atoms with Gasteiger partial charge in [-0.15, -0.1) is 12.4 Å². The van der Waals surface area contributed by atoms with Crippen molar-refractivity contribution in [3.05, 3.63) is 35.9 Å². The van der Waals surface area contributed by atoms with Crippen molar-refractivity contribution in [2.75, 3.05) is 19.6 Å². The molecule has 0 aromatic heterocycles. The Hall–Kier alpha value is -1.20. The number of benzene rings is 1. The maximum absolute atomic E-state index is 14.1. The van der Waals surface area contributed by atoms with Gasteiger partial charge in [0, 0.05) is 31.5 Å². The molecule has 1 aromatic carbocycles. The molecular formula is C20H27ClF2N2O. The largest absolute Gasteiger partial charge is 0.342 e. The molecule has 1 aromatic rings. The van der Waals surface area contributed by atoms with E-state index in [0.717, 1.165) is 32.1 Å². The average molecular weight is 385 g/mol. The van der Waals surface area contributed by atoms with E-state index in [1.807, 2.05) is 18.2 Å². The molecule has 6 heteroatoms. The Morgan fingerprint density at radius 3 is 2.15 bits per heavy atom. The zero-order chi connectivity index (χ0) is 17.7. The number of piperidine rings is 1. The lowest BCUT2D eigenvalue weighted by molar-refractivity contribution is -0.148. The van der Waals surface area contributed by atoms with Crippen LogP contribution in [0, 0.1) is 11.3 Å². The first kappa shape index (κ1) is 19.6. The van der Waals surface area contributed by atoms with Gasteiger partial charge >= 0.3 is 0 Å². The number of likely N-dealkylation sites (tertiary alicyclic amines) is 1.